The number of carbonyl (C=O) groups excluding carboxylic acids is 1. The predicted octanol–water partition coefficient (Wildman–Crippen LogP) is 2.61. The van der Waals surface area contributed by atoms with Gasteiger partial charge in [0.2, 0.25) is 17.7 Å². The summed E-state index contributed by atoms with van der Waals surface area (Å²) in [5.41, 5.74) is 0.760. The number of rotatable bonds is 6. The molecule has 1 aromatic carbocycles. The summed E-state index contributed by atoms with van der Waals surface area (Å²) in [6.07, 6.45) is 0.533. The molecule has 0 aliphatic carbocycles. The van der Waals surface area contributed by atoms with Crippen LogP contribution in [0.3, 0.4) is 0 Å². The van der Waals surface area contributed by atoms with Crippen molar-refractivity contribution in [2.45, 2.75) is 19.8 Å². The molecule has 0 aliphatic heterocycles. The largest absolute Gasteiger partial charge is 0.497 e. The highest BCUT2D eigenvalue weighted by atomic mass is 16.5. The Bertz CT molecular complexity index is 840. The Morgan fingerprint density at radius 3 is 2.92 bits per heavy atom. The number of nitrogens with zero attached hydrogens (tertiary/aromatic N) is 3. The average Bonchev–Trinajstić information content (AvgIpc) is 3.22. The molecule has 8 nitrogen and oxygen atoms in total. The van der Waals surface area contributed by atoms with E-state index in [1.807, 2.05) is 18.2 Å². The number of amides is 1. The standard InChI is InChI=1S/C16H16N4O4/c1-10-8-13(20-24-10)17-14(21)6-7-15-18-19-16(23-15)11-4-3-5-12(9-11)22-2/h3-5,8-9H,6-7H2,1-2H3,(H,17,20,21). The Morgan fingerprint density at radius 2 is 2.17 bits per heavy atom. The van der Waals surface area contributed by atoms with Crippen molar-refractivity contribution in [3.8, 4) is 17.2 Å². The minimum Gasteiger partial charge on any atom is -0.497 e. The van der Waals surface area contributed by atoms with Crippen LogP contribution in [0, 0.1) is 6.92 Å². The van der Waals surface area contributed by atoms with E-state index in [0.717, 1.165) is 5.56 Å². The highest BCUT2D eigenvalue weighted by molar-refractivity contribution is 5.89. The van der Waals surface area contributed by atoms with E-state index in [1.54, 1.807) is 26.2 Å². The number of aromatic nitrogens is 3. The molecule has 3 aromatic rings. The second kappa shape index (κ2) is 6.95. The monoisotopic (exact) mass is 328 g/mol. The topological polar surface area (TPSA) is 103 Å². The van der Waals surface area contributed by atoms with Gasteiger partial charge in [-0.2, -0.15) is 0 Å². The number of anilines is 1. The maximum atomic E-state index is 11.9. The highest BCUT2D eigenvalue weighted by Crippen LogP contribution is 2.22. The van der Waals surface area contributed by atoms with Crippen LogP contribution in [0.2, 0.25) is 0 Å². The van der Waals surface area contributed by atoms with Crippen LogP contribution < -0.4 is 10.1 Å². The normalized spacial score (nSPS) is 10.6. The lowest BCUT2D eigenvalue weighted by molar-refractivity contribution is -0.116. The van der Waals surface area contributed by atoms with Crippen LogP contribution in [0.25, 0.3) is 11.5 Å². The molecule has 0 unspecified atom stereocenters. The van der Waals surface area contributed by atoms with E-state index in [4.69, 9.17) is 13.7 Å². The molecule has 8 heteroatoms. The zero-order valence-corrected chi connectivity index (χ0v) is 13.3. The van der Waals surface area contributed by atoms with Gasteiger partial charge in [0, 0.05) is 24.5 Å². The summed E-state index contributed by atoms with van der Waals surface area (Å²) >= 11 is 0. The fraction of sp³-hybridized carbons (Fsp3) is 0.250. The number of methoxy groups -OCH3 is 1. The van der Waals surface area contributed by atoms with Crippen molar-refractivity contribution in [1.29, 1.82) is 0 Å². The number of benzene rings is 1. The zero-order valence-electron chi connectivity index (χ0n) is 13.3. The van der Waals surface area contributed by atoms with Crippen molar-refractivity contribution in [2.24, 2.45) is 0 Å². The summed E-state index contributed by atoms with van der Waals surface area (Å²) in [6, 6.07) is 8.96. The molecule has 0 aliphatic rings. The lowest BCUT2D eigenvalue weighted by Crippen LogP contribution is -2.12. The fourth-order valence-electron chi connectivity index (χ4n) is 2.08. The van der Waals surface area contributed by atoms with Gasteiger partial charge in [0.1, 0.15) is 11.5 Å². The summed E-state index contributed by atoms with van der Waals surface area (Å²) in [4.78, 5) is 11.9. The van der Waals surface area contributed by atoms with Crippen LogP contribution in [-0.2, 0) is 11.2 Å². The van der Waals surface area contributed by atoms with E-state index in [0.29, 0.717) is 35.5 Å². The first-order valence-corrected chi connectivity index (χ1v) is 7.34. The summed E-state index contributed by atoms with van der Waals surface area (Å²) in [5.74, 6) is 2.29. The molecule has 0 atom stereocenters. The molecule has 1 N–H and O–H groups in total. The summed E-state index contributed by atoms with van der Waals surface area (Å²) in [6.45, 7) is 1.75. The second-order valence-electron chi connectivity index (χ2n) is 5.10. The number of ether oxygens (including phenoxy) is 1. The van der Waals surface area contributed by atoms with E-state index in [1.165, 1.54) is 0 Å². The number of nitrogens with one attached hydrogen (secondary N) is 1. The maximum absolute atomic E-state index is 11.9. The minimum atomic E-state index is -0.204. The molecule has 0 saturated carbocycles. The van der Waals surface area contributed by atoms with Gasteiger partial charge in [-0.1, -0.05) is 11.2 Å². The molecule has 24 heavy (non-hydrogen) atoms. The van der Waals surface area contributed by atoms with Gasteiger partial charge in [0.05, 0.1) is 7.11 Å². The number of hydrogen-bond acceptors (Lipinski definition) is 7. The maximum Gasteiger partial charge on any atom is 0.247 e. The van der Waals surface area contributed by atoms with Gasteiger partial charge in [-0.15, -0.1) is 10.2 Å². The number of hydrogen-bond donors (Lipinski definition) is 1. The Kier molecular flexibility index (Phi) is 4.55. The van der Waals surface area contributed by atoms with Gasteiger partial charge >= 0.3 is 0 Å². The third-order valence-electron chi connectivity index (χ3n) is 3.24. The van der Waals surface area contributed by atoms with E-state index in [9.17, 15) is 4.79 Å². The third kappa shape index (κ3) is 3.78. The van der Waals surface area contributed by atoms with Crippen LogP contribution in [0.15, 0.2) is 39.3 Å². The van der Waals surface area contributed by atoms with Gasteiger partial charge in [-0.25, -0.2) is 0 Å². The highest BCUT2D eigenvalue weighted by Gasteiger charge is 2.12. The Morgan fingerprint density at radius 1 is 1.29 bits per heavy atom. The van der Waals surface area contributed by atoms with Gasteiger partial charge in [0.15, 0.2) is 5.82 Å². The van der Waals surface area contributed by atoms with Crippen molar-refractivity contribution in [3.05, 3.63) is 42.0 Å². The zero-order chi connectivity index (χ0) is 16.9. The molecular formula is C16H16N4O4. The van der Waals surface area contributed by atoms with E-state index in [-0.39, 0.29) is 12.3 Å². The SMILES string of the molecule is COc1cccc(-c2nnc(CCC(=O)Nc3cc(C)on3)o2)c1. The molecule has 3 rings (SSSR count). The first kappa shape index (κ1) is 15.7. The molecule has 2 heterocycles. The van der Waals surface area contributed by atoms with Gasteiger partial charge in [0.25, 0.3) is 0 Å². The van der Waals surface area contributed by atoms with Gasteiger partial charge in [-0.05, 0) is 25.1 Å². The van der Waals surface area contributed by atoms with E-state index < -0.39 is 0 Å². The Labute approximate surface area is 137 Å². The molecule has 2 aromatic heterocycles. The first-order chi connectivity index (χ1) is 11.6. The Hall–Kier alpha value is -3.16. The number of carbonyl (C=O) groups is 1. The van der Waals surface area contributed by atoms with Crippen molar-refractivity contribution in [1.82, 2.24) is 15.4 Å². The quantitative estimate of drug-likeness (QED) is 0.741. The molecule has 0 fully saturated rings. The molecular weight excluding hydrogens is 312 g/mol. The van der Waals surface area contributed by atoms with E-state index >= 15 is 0 Å². The molecule has 0 spiro atoms. The Balaban J connectivity index is 1.58. The molecule has 0 bridgehead atoms. The smallest absolute Gasteiger partial charge is 0.247 e. The average molecular weight is 328 g/mol. The van der Waals surface area contributed by atoms with Crippen LogP contribution in [-0.4, -0.2) is 28.4 Å². The van der Waals surface area contributed by atoms with Crippen LogP contribution in [0.4, 0.5) is 5.82 Å². The van der Waals surface area contributed by atoms with Crippen molar-refractivity contribution in [2.75, 3.05) is 12.4 Å². The molecule has 1 amide bonds. The van der Waals surface area contributed by atoms with Gasteiger partial charge < -0.3 is 19.0 Å². The van der Waals surface area contributed by atoms with Gasteiger partial charge in [-0.3, -0.25) is 4.79 Å². The number of aryl methyl sites for hydroxylation is 2. The third-order valence-corrected chi connectivity index (χ3v) is 3.24. The van der Waals surface area contributed by atoms with Crippen molar-refractivity contribution >= 4 is 11.7 Å². The van der Waals surface area contributed by atoms with Crippen LogP contribution >= 0.6 is 0 Å². The molecule has 0 saturated heterocycles. The van der Waals surface area contributed by atoms with E-state index in [2.05, 4.69) is 20.7 Å². The molecule has 124 valence electrons. The predicted molar refractivity (Wildman–Crippen MR) is 84.5 cm³/mol. The van der Waals surface area contributed by atoms with Crippen molar-refractivity contribution < 1.29 is 18.5 Å². The van der Waals surface area contributed by atoms with Crippen LogP contribution in [0.5, 0.6) is 5.75 Å². The second-order valence-corrected chi connectivity index (χ2v) is 5.10. The first-order valence-electron chi connectivity index (χ1n) is 7.34. The van der Waals surface area contributed by atoms with Crippen LogP contribution in [0.1, 0.15) is 18.1 Å². The minimum absolute atomic E-state index is 0.200. The van der Waals surface area contributed by atoms with Crippen molar-refractivity contribution in [3.63, 3.8) is 0 Å². The summed E-state index contributed by atoms with van der Waals surface area (Å²) in [5, 5.41) is 14.3. The molecule has 0 radical (unpaired) electrons. The fourth-order valence-corrected chi connectivity index (χ4v) is 2.08. The summed E-state index contributed by atoms with van der Waals surface area (Å²) in [7, 11) is 1.59. The summed E-state index contributed by atoms with van der Waals surface area (Å²) < 4.78 is 15.6. The lowest BCUT2D eigenvalue weighted by atomic mass is 10.2. The lowest BCUT2D eigenvalue weighted by Gasteiger charge is -2.00.